The van der Waals surface area contributed by atoms with Crippen LogP contribution in [0, 0.1) is 5.41 Å². The van der Waals surface area contributed by atoms with E-state index >= 15 is 0 Å². The molecule has 6 nitrogen and oxygen atoms in total. The fraction of sp³-hybridized carbons (Fsp3) is 0.909. The minimum Gasteiger partial charge on any atom is -0.443 e. The minimum absolute atomic E-state index is 0.0366. The van der Waals surface area contributed by atoms with Crippen LogP contribution in [0.5, 0.6) is 0 Å². The highest BCUT2D eigenvalue weighted by Crippen LogP contribution is 2.33. The molecule has 7 heteroatoms. The third-order valence-electron chi connectivity index (χ3n) is 2.47. The summed E-state index contributed by atoms with van der Waals surface area (Å²) in [5.74, 6) is 0. The van der Waals surface area contributed by atoms with E-state index in [4.69, 9.17) is 8.92 Å². The van der Waals surface area contributed by atoms with Crippen LogP contribution in [-0.2, 0) is 19.2 Å². The molecule has 1 fully saturated rings. The molecule has 0 aliphatic carbocycles. The molecule has 0 N–H and O–H groups in total. The number of carbonyl (C=O) groups is 1. The predicted octanol–water partition coefficient (Wildman–Crippen LogP) is 1.91. The van der Waals surface area contributed by atoms with Crippen molar-refractivity contribution in [3.8, 4) is 0 Å². The Hall–Kier alpha value is -0.820. The van der Waals surface area contributed by atoms with Crippen molar-refractivity contribution >= 4 is 16.4 Å². The summed E-state index contributed by atoms with van der Waals surface area (Å²) in [6, 6.07) is -0.558. The first kappa shape index (κ1) is 15.2. The number of ether oxygens (including phenoxy) is 1. The topological polar surface area (TPSA) is 72.9 Å². The lowest BCUT2D eigenvalue weighted by Crippen LogP contribution is -2.48. The van der Waals surface area contributed by atoms with E-state index in [1.165, 1.54) is 0 Å². The van der Waals surface area contributed by atoms with Gasteiger partial charge in [-0.2, -0.15) is 12.7 Å². The molecule has 106 valence electrons. The van der Waals surface area contributed by atoms with Gasteiger partial charge in [0.25, 0.3) is 0 Å². The van der Waals surface area contributed by atoms with Gasteiger partial charge in [-0.05, 0) is 26.2 Å². The van der Waals surface area contributed by atoms with Crippen LogP contribution in [-0.4, -0.2) is 37.1 Å². The van der Waals surface area contributed by atoms with Gasteiger partial charge in [0, 0.05) is 0 Å². The molecule has 0 radical (unpaired) electrons. The Morgan fingerprint density at radius 3 is 2.11 bits per heavy atom. The maximum atomic E-state index is 12.0. The zero-order valence-electron chi connectivity index (χ0n) is 11.7. The van der Waals surface area contributed by atoms with Crippen LogP contribution in [0.3, 0.4) is 0 Å². The van der Waals surface area contributed by atoms with Gasteiger partial charge in [-0.1, -0.05) is 20.8 Å². The van der Waals surface area contributed by atoms with Gasteiger partial charge < -0.3 is 4.74 Å². The number of nitrogens with zero attached hydrogens (tertiary/aromatic N) is 1. The van der Waals surface area contributed by atoms with E-state index in [-0.39, 0.29) is 6.61 Å². The normalized spacial score (nSPS) is 24.1. The second-order valence-corrected chi connectivity index (χ2v) is 7.88. The molecule has 1 rings (SSSR count). The molecule has 1 heterocycles. The summed E-state index contributed by atoms with van der Waals surface area (Å²) in [7, 11) is -4.03. The molecule has 0 aromatic heterocycles. The summed E-state index contributed by atoms with van der Waals surface area (Å²) >= 11 is 0. The molecule has 1 atom stereocenters. The third kappa shape index (κ3) is 3.35. The molecular weight excluding hydrogens is 258 g/mol. The molecule has 1 aliphatic rings. The first-order chi connectivity index (χ1) is 7.84. The average Bonchev–Trinajstić information content (AvgIpc) is 2.36. The summed E-state index contributed by atoms with van der Waals surface area (Å²) in [6.07, 6.45) is -0.889. The average molecular weight is 279 g/mol. The van der Waals surface area contributed by atoms with Crippen LogP contribution in [0.2, 0.25) is 0 Å². The maximum Gasteiger partial charge on any atom is 0.426 e. The first-order valence-electron chi connectivity index (χ1n) is 5.76. The van der Waals surface area contributed by atoms with Crippen LogP contribution < -0.4 is 0 Å². The lowest BCUT2D eigenvalue weighted by Gasteiger charge is -2.32. The largest absolute Gasteiger partial charge is 0.443 e. The van der Waals surface area contributed by atoms with Crippen LogP contribution in [0.25, 0.3) is 0 Å². The number of carbonyl (C=O) groups excluding carboxylic acids is 1. The van der Waals surface area contributed by atoms with Crippen molar-refractivity contribution in [1.29, 1.82) is 0 Å². The number of hydrogen-bond donors (Lipinski definition) is 0. The highest BCUT2D eigenvalue weighted by molar-refractivity contribution is 7.85. The Balaban J connectivity index is 3.04. The van der Waals surface area contributed by atoms with Crippen molar-refractivity contribution in [2.24, 2.45) is 5.41 Å². The van der Waals surface area contributed by atoms with E-state index in [2.05, 4.69) is 0 Å². The lowest BCUT2D eigenvalue weighted by molar-refractivity contribution is 0.0279. The summed E-state index contributed by atoms with van der Waals surface area (Å²) in [5.41, 5.74) is -1.17. The van der Waals surface area contributed by atoms with Gasteiger partial charge in [0.15, 0.2) is 0 Å². The van der Waals surface area contributed by atoms with E-state index in [0.29, 0.717) is 4.31 Å². The van der Waals surface area contributed by atoms with Gasteiger partial charge in [-0.25, -0.2) is 4.79 Å². The van der Waals surface area contributed by atoms with Gasteiger partial charge in [0.2, 0.25) is 0 Å². The zero-order valence-corrected chi connectivity index (χ0v) is 12.5. The molecule has 1 saturated heterocycles. The van der Waals surface area contributed by atoms with Crippen LogP contribution >= 0.6 is 0 Å². The molecule has 0 spiro atoms. The SMILES string of the molecule is CC(C)(C)OC(=O)N1[C@@H](C(C)(C)C)COS1(=O)=O. The van der Waals surface area contributed by atoms with Crippen molar-refractivity contribution in [3.05, 3.63) is 0 Å². The Morgan fingerprint density at radius 1 is 1.22 bits per heavy atom. The van der Waals surface area contributed by atoms with Gasteiger partial charge in [-0.3, -0.25) is 4.18 Å². The molecule has 1 amide bonds. The fourth-order valence-electron chi connectivity index (χ4n) is 1.56. The maximum absolute atomic E-state index is 12.0. The minimum atomic E-state index is -4.03. The van der Waals surface area contributed by atoms with Crippen molar-refractivity contribution in [1.82, 2.24) is 4.31 Å². The molecular formula is C11H21NO5S. The van der Waals surface area contributed by atoms with Crippen LogP contribution in [0.15, 0.2) is 0 Å². The van der Waals surface area contributed by atoms with E-state index in [1.54, 1.807) is 20.8 Å². The van der Waals surface area contributed by atoms with E-state index in [9.17, 15) is 13.2 Å². The monoisotopic (exact) mass is 279 g/mol. The van der Waals surface area contributed by atoms with E-state index in [1.807, 2.05) is 20.8 Å². The zero-order chi connectivity index (χ0) is 14.4. The van der Waals surface area contributed by atoms with Gasteiger partial charge in [0.05, 0.1) is 12.6 Å². The highest BCUT2D eigenvalue weighted by Gasteiger charge is 2.49. The summed E-state index contributed by atoms with van der Waals surface area (Å²) in [6.45, 7) is 10.5. The molecule has 0 unspecified atom stereocenters. The molecule has 0 saturated carbocycles. The van der Waals surface area contributed by atoms with Gasteiger partial charge in [0.1, 0.15) is 5.60 Å². The van der Waals surface area contributed by atoms with Crippen LogP contribution in [0.4, 0.5) is 4.79 Å². The highest BCUT2D eigenvalue weighted by atomic mass is 32.2. The Labute approximate surface area is 109 Å². The summed E-state index contributed by atoms with van der Waals surface area (Å²) in [4.78, 5) is 12.0. The lowest BCUT2D eigenvalue weighted by atomic mass is 9.87. The second kappa shape index (κ2) is 4.38. The third-order valence-corrected chi connectivity index (χ3v) is 3.79. The molecule has 0 aromatic rings. The standard InChI is InChI=1S/C11H21NO5S/c1-10(2,3)8-7-16-18(14,15)12(8)9(13)17-11(4,5)6/h8H,7H2,1-6H3/t8-/m1/s1. The predicted molar refractivity (Wildman–Crippen MR) is 66.2 cm³/mol. The van der Waals surface area contributed by atoms with Crippen molar-refractivity contribution in [3.63, 3.8) is 0 Å². The summed E-state index contributed by atoms with van der Waals surface area (Å²) in [5, 5.41) is 0. The number of rotatable bonds is 0. The smallest absolute Gasteiger partial charge is 0.426 e. The van der Waals surface area contributed by atoms with Crippen molar-refractivity contribution < 1.29 is 22.1 Å². The molecule has 18 heavy (non-hydrogen) atoms. The van der Waals surface area contributed by atoms with Crippen LogP contribution in [0.1, 0.15) is 41.5 Å². The van der Waals surface area contributed by atoms with Crippen molar-refractivity contribution in [2.75, 3.05) is 6.61 Å². The van der Waals surface area contributed by atoms with Crippen molar-refractivity contribution in [2.45, 2.75) is 53.2 Å². The second-order valence-electron chi connectivity index (χ2n) is 6.40. The first-order valence-corrected chi connectivity index (χ1v) is 7.13. The summed E-state index contributed by atoms with van der Waals surface area (Å²) < 4.78 is 34.0. The van der Waals surface area contributed by atoms with Gasteiger partial charge >= 0.3 is 16.4 Å². The Morgan fingerprint density at radius 2 is 1.72 bits per heavy atom. The van der Waals surface area contributed by atoms with E-state index in [0.717, 1.165) is 0 Å². The Bertz CT molecular complexity index is 429. The number of amides is 1. The Kier molecular flexibility index (Phi) is 3.71. The fourth-order valence-corrected chi connectivity index (χ4v) is 2.88. The number of hydrogen-bond acceptors (Lipinski definition) is 5. The molecule has 0 aromatic carbocycles. The molecule has 1 aliphatic heterocycles. The van der Waals surface area contributed by atoms with Gasteiger partial charge in [-0.15, -0.1) is 0 Å². The molecule has 0 bridgehead atoms. The quantitative estimate of drug-likeness (QED) is 0.677. The van der Waals surface area contributed by atoms with E-state index < -0.39 is 33.5 Å².